The molecule has 0 aliphatic rings. The molecule has 3 rings (SSSR count). The zero-order chi connectivity index (χ0) is 13.2. The van der Waals surface area contributed by atoms with E-state index in [1.165, 1.54) is 27.7 Å². The number of aryl methyl sites for hydroxylation is 1. The summed E-state index contributed by atoms with van der Waals surface area (Å²) in [7, 11) is 1.97. The molecule has 0 atom stereocenters. The Hall–Kier alpha value is -2.07. The van der Waals surface area contributed by atoms with E-state index in [0.717, 1.165) is 13.1 Å². The van der Waals surface area contributed by atoms with Crippen LogP contribution in [-0.2, 0) is 20.1 Å². The van der Waals surface area contributed by atoms with E-state index in [2.05, 4.69) is 52.8 Å². The molecule has 0 amide bonds. The molecule has 1 aromatic carbocycles. The van der Waals surface area contributed by atoms with Gasteiger partial charge < -0.3 is 10.3 Å². The number of hydrogen-bond donors (Lipinski definition) is 2. The zero-order valence-electron chi connectivity index (χ0n) is 11.3. The summed E-state index contributed by atoms with van der Waals surface area (Å²) >= 11 is 0. The number of rotatable bonds is 4. The van der Waals surface area contributed by atoms with Crippen molar-refractivity contribution in [1.82, 2.24) is 20.1 Å². The number of aromatic amines is 1. The van der Waals surface area contributed by atoms with E-state index in [-0.39, 0.29) is 0 Å². The number of nitrogens with one attached hydrogen (secondary N) is 2. The van der Waals surface area contributed by atoms with Crippen LogP contribution in [0.15, 0.2) is 36.7 Å². The highest BCUT2D eigenvalue weighted by Crippen LogP contribution is 2.17. The largest absolute Gasteiger partial charge is 0.361 e. The summed E-state index contributed by atoms with van der Waals surface area (Å²) in [5.41, 5.74) is 4.96. The van der Waals surface area contributed by atoms with Gasteiger partial charge >= 0.3 is 0 Å². The van der Waals surface area contributed by atoms with Gasteiger partial charge in [0.2, 0.25) is 0 Å². The Morgan fingerprint density at radius 2 is 2.00 bits per heavy atom. The molecular weight excluding hydrogens is 236 g/mol. The Morgan fingerprint density at radius 1 is 1.21 bits per heavy atom. The Bertz CT molecular complexity index is 693. The lowest BCUT2D eigenvalue weighted by Crippen LogP contribution is -2.13. The topological polar surface area (TPSA) is 45.6 Å². The normalized spacial score (nSPS) is 11.3. The fourth-order valence-electron chi connectivity index (χ4n) is 2.33. The summed E-state index contributed by atoms with van der Waals surface area (Å²) < 4.78 is 1.91. The van der Waals surface area contributed by atoms with Gasteiger partial charge in [-0.3, -0.25) is 4.68 Å². The van der Waals surface area contributed by atoms with E-state index in [1.807, 2.05) is 17.9 Å². The molecular formula is C15H18N4. The summed E-state index contributed by atoms with van der Waals surface area (Å²) in [6.07, 6.45) is 4.01. The van der Waals surface area contributed by atoms with Crippen LogP contribution in [0.5, 0.6) is 0 Å². The van der Waals surface area contributed by atoms with Gasteiger partial charge in [-0.25, -0.2) is 0 Å². The molecule has 0 saturated heterocycles. The number of hydrogen-bond acceptors (Lipinski definition) is 2. The van der Waals surface area contributed by atoms with Crippen LogP contribution in [-0.4, -0.2) is 14.8 Å². The van der Waals surface area contributed by atoms with Crippen LogP contribution in [0, 0.1) is 6.92 Å². The molecule has 98 valence electrons. The number of H-pyrrole nitrogens is 1. The van der Waals surface area contributed by atoms with E-state index >= 15 is 0 Å². The quantitative estimate of drug-likeness (QED) is 0.751. The van der Waals surface area contributed by atoms with Crippen LogP contribution < -0.4 is 5.32 Å². The molecule has 0 radical (unpaired) electrons. The van der Waals surface area contributed by atoms with E-state index in [4.69, 9.17) is 0 Å². The molecule has 2 heterocycles. The van der Waals surface area contributed by atoms with Crippen molar-refractivity contribution in [2.45, 2.75) is 20.0 Å². The number of para-hydroxylation sites is 1. The molecule has 0 bridgehead atoms. The SMILES string of the molecule is Cc1c(CNCc2c[nH]c3ccccc23)cnn1C. The van der Waals surface area contributed by atoms with Crippen LogP contribution in [0.4, 0.5) is 0 Å². The van der Waals surface area contributed by atoms with E-state index in [1.54, 1.807) is 0 Å². The highest BCUT2D eigenvalue weighted by molar-refractivity contribution is 5.82. The second-order valence-electron chi connectivity index (χ2n) is 4.84. The second-order valence-corrected chi connectivity index (χ2v) is 4.84. The Kier molecular flexibility index (Phi) is 3.09. The first-order valence-corrected chi connectivity index (χ1v) is 6.49. The van der Waals surface area contributed by atoms with Gasteiger partial charge in [0.1, 0.15) is 0 Å². The second kappa shape index (κ2) is 4.90. The third-order valence-corrected chi connectivity index (χ3v) is 3.64. The number of benzene rings is 1. The van der Waals surface area contributed by atoms with Gasteiger partial charge in [0.15, 0.2) is 0 Å². The predicted octanol–water partition coefficient (Wildman–Crippen LogP) is 2.50. The van der Waals surface area contributed by atoms with Gasteiger partial charge in [0.25, 0.3) is 0 Å². The van der Waals surface area contributed by atoms with E-state index in [9.17, 15) is 0 Å². The van der Waals surface area contributed by atoms with Gasteiger partial charge in [-0.05, 0) is 18.6 Å². The molecule has 3 aromatic rings. The molecule has 19 heavy (non-hydrogen) atoms. The van der Waals surface area contributed by atoms with Gasteiger partial charge in [0, 0.05) is 48.5 Å². The van der Waals surface area contributed by atoms with Gasteiger partial charge in [0.05, 0.1) is 6.20 Å². The van der Waals surface area contributed by atoms with E-state index in [0.29, 0.717) is 0 Å². The predicted molar refractivity (Wildman–Crippen MR) is 76.8 cm³/mol. The third-order valence-electron chi connectivity index (χ3n) is 3.64. The maximum absolute atomic E-state index is 4.25. The molecule has 0 unspecified atom stereocenters. The highest BCUT2D eigenvalue weighted by atomic mass is 15.3. The Balaban J connectivity index is 1.68. The Labute approximate surface area is 112 Å². The summed E-state index contributed by atoms with van der Waals surface area (Å²) in [5, 5.41) is 9.02. The van der Waals surface area contributed by atoms with Crippen LogP contribution in [0.1, 0.15) is 16.8 Å². The molecule has 4 nitrogen and oxygen atoms in total. The summed E-state index contributed by atoms with van der Waals surface area (Å²) in [4.78, 5) is 3.30. The molecule has 0 aliphatic heterocycles. The fourth-order valence-corrected chi connectivity index (χ4v) is 2.33. The average Bonchev–Trinajstić information content (AvgIpc) is 2.97. The van der Waals surface area contributed by atoms with Gasteiger partial charge in [-0.15, -0.1) is 0 Å². The summed E-state index contributed by atoms with van der Waals surface area (Å²) in [5.74, 6) is 0. The van der Waals surface area contributed by atoms with Gasteiger partial charge in [-0.2, -0.15) is 5.10 Å². The van der Waals surface area contributed by atoms with Crippen molar-refractivity contribution >= 4 is 10.9 Å². The van der Waals surface area contributed by atoms with Crippen molar-refractivity contribution in [1.29, 1.82) is 0 Å². The van der Waals surface area contributed by atoms with Crippen LogP contribution >= 0.6 is 0 Å². The van der Waals surface area contributed by atoms with Crippen molar-refractivity contribution in [2.24, 2.45) is 7.05 Å². The van der Waals surface area contributed by atoms with E-state index < -0.39 is 0 Å². The molecule has 2 aromatic heterocycles. The smallest absolute Gasteiger partial charge is 0.0537 e. The van der Waals surface area contributed by atoms with Crippen LogP contribution in [0.2, 0.25) is 0 Å². The van der Waals surface area contributed by atoms with Crippen molar-refractivity contribution < 1.29 is 0 Å². The number of aromatic nitrogens is 3. The molecule has 0 spiro atoms. The third kappa shape index (κ3) is 2.27. The van der Waals surface area contributed by atoms with Crippen molar-refractivity contribution in [2.75, 3.05) is 0 Å². The molecule has 0 aliphatic carbocycles. The average molecular weight is 254 g/mol. The molecule has 0 saturated carbocycles. The van der Waals surface area contributed by atoms with Crippen molar-refractivity contribution in [3.63, 3.8) is 0 Å². The highest BCUT2D eigenvalue weighted by Gasteiger charge is 2.05. The lowest BCUT2D eigenvalue weighted by atomic mass is 10.2. The summed E-state index contributed by atoms with van der Waals surface area (Å²) in [6, 6.07) is 8.38. The number of nitrogens with zero attached hydrogens (tertiary/aromatic N) is 2. The minimum Gasteiger partial charge on any atom is -0.361 e. The fraction of sp³-hybridized carbons (Fsp3) is 0.267. The molecule has 2 N–H and O–H groups in total. The zero-order valence-corrected chi connectivity index (χ0v) is 11.3. The van der Waals surface area contributed by atoms with Crippen LogP contribution in [0.3, 0.4) is 0 Å². The van der Waals surface area contributed by atoms with Crippen molar-refractivity contribution in [3.8, 4) is 0 Å². The minimum absolute atomic E-state index is 0.846. The van der Waals surface area contributed by atoms with Gasteiger partial charge in [-0.1, -0.05) is 18.2 Å². The monoisotopic (exact) mass is 254 g/mol. The first-order valence-electron chi connectivity index (χ1n) is 6.49. The Morgan fingerprint density at radius 3 is 2.79 bits per heavy atom. The molecule has 4 heteroatoms. The minimum atomic E-state index is 0.846. The number of fused-ring (bicyclic) bond motifs is 1. The lowest BCUT2D eigenvalue weighted by molar-refractivity contribution is 0.687. The lowest BCUT2D eigenvalue weighted by Gasteiger charge is -2.04. The first kappa shape index (κ1) is 12.0. The first-order chi connectivity index (χ1) is 9.25. The molecule has 0 fully saturated rings. The maximum Gasteiger partial charge on any atom is 0.0537 e. The van der Waals surface area contributed by atoms with Crippen LogP contribution in [0.25, 0.3) is 10.9 Å². The van der Waals surface area contributed by atoms with Crippen molar-refractivity contribution in [3.05, 3.63) is 53.5 Å². The maximum atomic E-state index is 4.25. The standard InChI is InChI=1S/C15H18N4/c1-11-12(10-18-19(11)2)7-16-8-13-9-17-15-6-4-3-5-14(13)15/h3-6,9-10,16-17H,7-8H2,1-2H3. The summed E-state index contributed by atoms with van der Waals surface area (Å²) in [6.45, 7) is 3.80.